The molecule has 16 heavy (non-hydrogen) atoms. The molecule has 0 N–H and O–H groups in total. The molecule has 0 aromatic heterocycles. The van der Waals surface area contributed by atoms with E-state index in [4.69, 9.17) is 0 Å². The van der Waals surface area contributed by atoms with Gasteiger partial charge in [0, 0.05) is 11.3 Å². The number of ketones is 1. The lowest BCUT2D eigenvalue weighted by Crippen LogP contribution is -2.29. The second-order valence-corrected chi connectivity index (χ2v) is 5.41. The van der Waals surface area contributed by atoms with E-state index >= 15 is 0 Å². The number of hydrogen-bond donors (Lipinski definition) is 0. The summed E-state index contributed by atoms with van der Waals surface area (Å²) >= 11 is 0. The number of Topliss-reactive ketones (excluding diaryl/α,β-unsaturated/α-hetero) is 1. The van der Waals surface area contributed by atoms with E-state index in [1.807, 2.05) is 39.0 Å². The molecule has 0 amide bonds. The Morgan fingerprint density at radius 3 is 2.19 bits per heavy atom. The predicted molar refractivity (Wildman–Crippen MR) is 68.4 cm³/mol. The van der Waals surface area contributed by atoms with Gasteiger partial charge in [0.05, 0.1) is 0 Å². The summed E-state index contributed by atoms with van der Waals surface area (Å²) in [5.74, 6) is 0.529. The van der Waals surface area contributed by atoms with Gasteiger partial charge in [-0.1, -0.05) is 58.0 Å². The average Bonchev–Trinajstić information content (AvgIpc) is 2.25. The number of carbonyl (C=O) groups is 1. The van der Waals surface area contributed by atoms with Crippen molar-refractivity contribution in [2.75, 3.05) is 0 Å². The molecule has 0 fully saturated rings. The van der Waals surface area contributed by atoms with E-state index in [1.54, 1.807) is 0 Å². The maximum Gasteiger partial charge on any atom is 0.141 e. The molecule has 1 aromatic rings. The van der Waals surface area contributed by atoms with E-state index in [1.165, 1.54) is 5.56 Å². The topological polar surface area (TPSA) is 17.1 Å². The zero-order valence-corrected chi connectivity index (χ0v) is 10.8. The fourth-order valence-electron chi connectivity index (χ4n) is 1.93. The third-order valence-electron chi connectivity index (χ3n) is 2.93. The van der Waals surface area contributed by atoms with Crippen molar-refractivity contribution in [2.24, 2.45) is 11.3 Å². The van der Waals surface area contributed by atoms with E-state index in [-0.39, 0.29) is 11.3 Å². The molecule has 0 aliphatic rings. The van der Waals surface area contributed by atoms with Crippen molar-refractivity contribution in [2.45, 2.75) is 40.5 Å². The predicted octanol–water partition coefficient (Wildman–Crippen LogP) is 3.87. The summed E-state index contributed by atoms with van der Waals surface area (Å²) < 4.78 is 0. The van der Waals surface area contributed by atoms with E-state index < -0.39 is 0 Å². The molecular weight excluding hydrogens is 196 g/mol. The van der Waals surface area contributed by atoms with Crippen molar-refractivity contribution in [3.05, 3.63) is 35.9 Å². The standard InChI is InChI=1S/C15H22O/c1-5-13(14(16)15(2,3)4)11-12-9-7-6-8-10-12/h6-10,13H,5,11H2,1-4H3/t13-/m0/s1. The Bertz CT molecular complexity index is 332. The first-order valence-electron chi connectivity index (χ1n) is 6.03. The van der Waals surface area contributed by atoms with Gasteiger partial charge in [0.1, 0.15) is 5.78 Å². The Labute approximate surface area is 98.9 Å². The molecule has 88 valence electrons. The van der Waals surface area contributed by atoms with E-state index in [0.717, 1.165) is 12.8 Å². The van der Waals surface area contributed by atoms with Crippen LogP contribution in [0.3, 0.4) is 0 Å². The quantitative estimate of drug-likeness (QED) is 0.749. The van der Waals surface area contributed by atoms with Crippen molar-refractivity contribution in [3.63, 3.8) is 0 Å². The first-order chi connectivity index (χ1) is 7.45. The van der Waals surface area contributed by atoms with Crippen molar-refractivity contribution < 1.29 is 4.79 Å². The second-order valence-electron chi connectivity index (χ2n) is 5.41. The molecule has 0 saturated heterocycles. The summed E-state index contributed by atoms with van der Waals surface area (Å²) in [5, 5.41) is 0. The molecule has 0 aliphatic heterocycles. The molecule has 0 heterocycles. The first-order valence-corrected chi connectivity index (χ1v) is 6.03. The van der Waals surface area contributed by atoms with Crippen LogP contribution in [-0.4, -0.2) is 5.78 Å². The Morgan fingerprint density at radius 2 is 1.75 bits per heavy atom. The van der Waals surface area contributed by atoms with Gasteiger partial charge in [-0.3, -0.25) is 4.79 Å². The lowest BCUT2D eigenvalue weighted by atomic mass is 9.79. The van der Waals surface area contributed by atoms with Crippen LogP contribution in [0.1, 0.15) is 39.7 Å². The summed E-state index contributed by atoms with van der Waals surface area (Å²) in [4.78, 5) is 12.2. The smallest absolute Gasteiger partial charge is 0.141 e. The zero-order valence-electron chi connectivity index (χ0n) is 10.8. The molecule has 1 nitrogen and oxygen atoms in total. The Morgan fingerprint density at radius 1 is 1.19 bits per heavy atom. The normalized spacial score (nSPS) is 13.5. The van der Waals surface area contributed by atoms with Gasteiger partial charge in [0.25, 0.3) is 0 Å². The molecule has 0 spiro atoms. The maximum atomic E-state index is 12.2. The van der Waals surface area contributed by atoms with Crippen molar-refractivity contribution >= 4 is 5.78 Å². The van der Waals surface area contributed by atoms with E-state index in [2.05, 4.69) is 19.1 Å². The minimum atomic E-state index is -0.227. The van der Waals surface area contributed by atoms with Crippen LogP contribution in [0.5, 0.6) is 0 Å². The van der Waals surface area contributed by atoms with Crippen LogP contribution in [0.15, 0.2) is 30.3 Å². The third-order valence-corrected chi connectivity index (χ3v) is 2.93. The van der Waals surface area contributed by atoms with Crippen LogP contribution in [-0.2, 0) is 11.2 Å². The Hall–Kier alpha value is -1.11. The number of hydrogen-bond acceptors (Lipinski definition) is 1. The Kier molecular flexibility index (Phi) is 4.28. The van der Waals surface area contributed by atoms with Crippen molar-refractivity contribution in [1.82, 2.24) is 0 Å². The van der Waals surface area contributed by atoms with Crippen LogP contribution in [0, 0.1) is 11.3 Å². The van der Waals surface area contributed by atoms with Crippen molar-refractivity contribution in [1.29, 1.82) is 0 Å². The fourth-order valence-corrected chi connectivity index (χ4v) is 1.93. The molecular formula is C15H22O. The summed E-state index contributed by atoms with van der Waals surface area (Å²) in [6.45, 7) is 8.10. The molecule has 1 aromatic carbocycles. The maximum absolute atomic E-state index is 12.2. The van der Waals surface area contributed by atoms with Crippen LogP contribution in [0.4, 0.5) is 0 Å². The molecule has 1 rings (SSSR count). The van der Waals surface area contributed by atoms with Gasteiger partial charge < -0.3 is 0 Å². The first kappa shape index (κ1) is 13.0. The minimum Gasteiger partial charge on any atom is -0.299 e. The lowest BCUT2D eigenvalue weighted by Gasteiger charge is -2.23. The summed E-state index contributed by atoms with van der Waals surface area (Å²) in [7, 11) is 0. The average molecular weight is 218 g/mol. The van der Waals surface area contributed by atoms with Gasteiger partial charge in [-0.15, -0.1) is 0 Å². The fraction of sp³-hybridized carbons (Fsp3) is 0.533. The van der Waals surface area contributed by atoms with Gasteiger partial charge in [-0.05, 0) is 18.4 Å². The monoisotopic (exact) mass is 218 g/mol. The van der Waals surface area contributed by atoms with Crippen LogP contribution >= 0.6 is 0 Å². The highest BCUT2D eigenvalue weighted by Gasteiger charge is 2.28. The van der Waals surface area contributed by atoms with Gasteiger partial charge in [-0.2, -0.15) is 0 Å². The SMILES string of the molecule is CC[C@@H](Cc1ccccc1)C(=O)C(C)(C)C. The second kappa shape index (κ2) is 5.29. The summed E-state index contributed by atoms with van der Waals surface area (Å²) in [6, 6.07) is 10.3. The summed E-state index contributed by atoms with van der Waals surface area (Å²) in [5.41, 5.74) is 1.03. The van der Waals surface area contributed by atoms with Gasteiger partial charge in [0.15, 0.2) is 0 Å². The highest BCUT2D eigenvalue weighted by molar-refractivity contribution is 5.86. The molecule has 1 heteroatoms. The Balaban J connectivity index is 2.74. The van der Waals surface area contributed by atoms with Crippen LogP contribution in [0.2, 0.25) is 0 Å². The molecule has 0 radical (unpaired) electrons. The molecule has 0 bridgehead atoms. The summed E-state index contributed by atoms with van der Waals surface area (Å²) in [6.07, 6.45) is 1.79. The highest BCUT2D eigenvalue weighted by atomic mass is 16.1. The lowest BCUT2D eigenvalue weighted by molar-refractivity contribution is -0.130. The van der Waals surface area contributed by atoms with Crippen LogP contribution in [0.25, 0.3) is 0 Å². The third kappa shape index (κ3) is 3.48. The zero-order chi connectivity index (χ0) is 12.2. The molecule has 0 aliphatic carbocycles. The van der Waals surface area contributed by atoms with E-state index in [9.17, 15) is 4.79 Å². The van der Waals surface area contributed by atoms with Gasteiger partial charge in [0.2, 0.25) is 0 Å². The van der Waals surface area contributed by atoms with Crippen molar-refractivity contribution in [3.8, 4) is 0 Å². The van der Waals surface area contributed by atoms with Crippen LogP contribution < -0.4 is 0 Å². The molecule has 0 saturated carbocycles. The molecule has 1 atom stereocenters. The number of benzene rings is 1. The van der Waals surface area contributed by atoms with E-state index in [0.29, 0.717) is 5.78 Å². The largest absolute Gasteiger partial charge is 0.299 e. The van der Waals surface area contributed by atoms with Gasteiger partial charge in [-0.25, -0.2) is 0 Å². The van der Waals surface area contributed by atoms with Gasteiger partial charge >= 0.3 is 0 Å². The molecule has 0 unspecified atom stereocenters. The number of carbonyl (C=O) groups excluding carboxylic acids is 1. The number of rotatable bonds is 4. The minimum absolute atomic E-state index is 0.155. The highest BCUT2D eigenvalue weighted by Crippen LogP contribution is 2.24.